The average molecular weight is 833 g/mol. The summed E-state index contributed by atoms with van der Waals surface area (Å²) in [5.41, 5.74) is 7.92. The van der Waals surface area contributed by atoms with Crippen molar-refractivity contribution < 1.29 is 38.2 Å². The summed E-state index contributed by atoms with van der Waals surface area (Å²) in [7, 11) is 2.03. The van der Waals surface area contributed by atoms with E-state index in [1.54, 1.807) is 26.0 Å². The number of para-hydroxylation sites is 2. The molecule has 0 aliphatic rings. The van der Waals surface area contributed by atoms with Gasteiger partial charge in [0.05, 0.1) is 27.6 Å². The summed E-state index contributed by atoms with van der Waals surface area (Å²) in [6, 6.07) is 27.4. The Morgan fingerprint density at radius 3 is 2.34 bits per heavy atom. The third-order valence-corrected chi connectivity index (χ3v) is 10.5. The quantitative estimate of drug-likeness (QED) is 0.0454. The van der Waals surface area contributed by atoms with E-state index in [-0.39, 0.29) is 29.9 Å². The van der Waals surface area contributed by atoms with E-state index in [0.29, 0.717) is 12.1 Å². The van der Waals surface area contributed by atoms with Gasteiger partial charge in [0, 0.05) is 32.0 Å². The van der Waals surface area contributed by atoms with E-state index >= 15 is 0 Å². The molecule has 0 radical (unpaired) electrons. The van der Waals surface area contributed by atoms with Crippen molar-refractivity contribution in [3.63, 3.8) is 0 Å². The number of imidazole rings is 2. The average Bonchev–Trinajstić information content (AvgIpc) is 3.87. The fourth-order valence-electron chi connectivity index (χ4n) is 7.75. The Labute approximate surface area is 348 Å². The molecule has 4 aromatic carbocycles. The molecule has 0 saturated heterocycles. The van der Waals surface area contributed by atoms with Crippen LogP contribution >= 0.6 is 0 Å². The number of fused-ring (bicyclic) bond motifs is 2. The molecule has 0 bridgehead atoms. The first-order chi connectivity index (χ1) is 29.2. The highest BCUT2D eigenvalue weighted by Crippen LogP contribution is 2.33. The molecule has 0 spiro atoms. The number of ether oxygens (including phenoxy) is 1. The largest absolute Gasteiger partial charge is 0.519 e. The van der Waals surface area contributed by atoms with Crippen LogP contribution in [0.15, 0.2) is 98.6 Å². The molecule has 1 atom stereocenters. The van der Waals surface area contributed by atoms with E-state index in [1.165, 1.54) is 0 Å². The molecule has 0 N–H and O–H groups in total. The number of aryl methyl sites for hydroxylation is 3. The zero-order chi connectivity index (χ0) is 43.4. The van der Waals surface area contributed by atoms with Gasteiger partial charge >= 0.3 is 11.8 Å². The first-order valence-corrected chi connectivity index (χ1v) is 19.7. The van der Waals surface area contributed by atoms with Gasteiger partial charge in [0.2, 0.25) is 0 Å². The Morgan fingerprint density at radius 2 is 1.62 bits per heavy atom. The molecule has 3 heterocycles. The lowest BCUT2D eigenvalue weighted by Gasteiger charge is -2.27. The maximum Gasteiger partial charge on any atom is 0.519 e. The van der Waals surface area contributed by atoms with Crippen LogP contribution in [0.25, 0.3) is 44.6 Å². The minimum Gasteiger partial charge on any atom is -0.454 e. The standard InChI is InChI=1S/C44H44N6O11/c1-6-11-39-46-40-27(2)20-30(41-45-34-14-9-10-15-35(34)47(41)5)21-36(40)48(39)24-28-16-18-29(19-17-28)32-12-7-8-13-33(32)42(51)57-26-38-37(59-43(52)60-38)23-44(3,4)22-31(61-50(55)56)25-58-49(53)54/h7-10,12-21,31H,6,11,22-26H2,1-5H3. The van der Waals surface area contributed by atoms with Crippen molar-refractivity contribution in [3.8, 4) is 22.5 Å². The van der Waals surface area contributed by atoms with Gasteiger partial charge < -0.3 is 32.4 Å². The fourth-order valence-corrected chi connectivity index (χ4v) is 7.75. The van der Waals surface area contributed by atoms with Crippen LogP contribution < -0.4 is 5.82 Å². The third-order valence-electron chi connectivity index (χ3n) is 10.5. The monoisotopic (exact) mass is 832 g/mol. The zero-order valence-corrected chi connectivity index (χ0v) is 34.3. The predicted molar refractivity (Wildman–Crippen MR) is 222 cm³/mol. The van der Waals surface area contributed by atoms with E-state index in [4.69, 9.17) is 23.5 Å². The van der Waals surface area contributed by atoms with Crippen LogP contribution in [-0.2, 0) is 47.5 Å². The third kappa shape index (κ3) is 9.45. The van der Waals surface area contributed by atoms with Gasteiger partial charge in [0.1, 0.15) is 24.4 Å². The molecule has 0 aliphatic heterocycles. The molecule has 3 aromatic heterocycles. The van der Waals surface area contributed by atoms with Crippen LogP contribution in [-0.4, -0.2) is 48.0 Å². The van der Waals surface area contributed by atoms with Crippen molar-refractivity contribution >= 4 is 28.0 Å². The van der Waals surface area contributed by atoms with Crippen LogP contribution in [0.2, 0.25) is 0 Å². The van der Waals surface area contributed by atoms with Gasteiger partial charge in [-0.1, -0.05) is 75.4 Å². The molecule has 17 nitrogen and oxygen atoms in total. The van der Waals surface area contributed by atoms with Crippen molar-refractivity contribution in [2.24, 2.45) is 12.5 Å². The summed E-state index contributed by atoms with van der Waals surface area (Å²) < 4.78 is 20.5. The maximum absolute atomic E-state index is 13.6. The number of rotatable bonds is 18. The molecule has 316 valence electrons. The van der Waals surface area contributed by atoms with Gasteiger partial charge in [-0.15, -0.1) is 20.2 Å². The highest BCUT2D eigenvalue weighted by atomic mass is 17.0. The van der Waals surface area contributed by atoms with Gasteiger partial charge in [-0.2, -0.15) is 0 Å². The Bertz CT molecular complexity index is 2800. The zero-order valence-electron chi connectivity index (χ0n) is 34.3. The molecule has 1 unspecified atom stereocenters. The van der Waals surface area contributed by atoms with Gasteiger partial charge in [0.15, 0.2) is 18.1 Å². The van der Waals surface area contributed by atoms with Crippen molar-refractivity contribution in [1.29, 1.82) is 0 Å². The van der Waals surface area contributed by atoms with Crippen molar-refractivity contribution in [3.05, 3.63) is 150 Å². The van der Waals surface area contributed by atoms with E-state index in [0.717, 1.165) is 68.8 Å². The smallest absolute Gasteiger partial charge is 0.454 e. The van der Waals surface area contributed by atoms with Crippen molar-refractivity contribution in [2.75, 3.05) is 6.61 Å². The molecular weight excluding hydrogens is 789 g/mol. The molecule has 17 heteroatoms. The lowest BCUT2D eigenvalue weighted by molar-refractivity contribution is -0.790. The number of hydrogen-bond donors (Lipinski definition) is 0. The van der Waals surface area contributed by atoms with Crippen LogP contribution in [0.4, 0.5) is 0 Å². The van der Waals surface area contributed by atoms with Crippen LogP contribution in [0.3, 0.4) is 0 Å². The Morgan fingerprint density at radius 1 is 0.902 bits per heavy atom. The second-order valence-electron chi connectivity index (χ2n) is 15.6. The topological polar surface area (TPSA) is 210 Å². The van der Waals surface area contributed by atoms with Crippen molar-refractivity contribution in [1.82, 2.24) is 19.1 Å². The summed E-state index contributed by atoms with van der Waals surface area (Å²) in [5.74, 6) is 0.168. The maximum atomic E-state index is 13.6. The summed E-state index contributed by atoms with van der Waals surface area (Å²) in [6.07, 6.45) is 0.351. The SMILES string of the molecule is CCCc1nc2c(C)cc(-c3nc4ccccc4n3C)cc2n1Cc1ccc(-c2ccccc2C(=O)OCc2oc(=O)oc2CC(C)(C)CC(CO[N+](=O)[O-])O[N+](=O)[O-])cc1. The lowest BCUT2D eigenvalue weighted by atomic mass is 9.82. The van der Waals surface area contributed by atoms with E-state index in [9.17, 15) is 29.8 Å². The summed E-state index contributed by atoms with van der Waals surface area (Å²) >= 11 is 0. The number of aromatic nitrogens is 4. The van der Waals surface area contributed by atoms with Crippen LogP contribution in [0.5, 0.6) is 0 Å². The summed E-state index contributed by atoms with van der Waals surface area (Å²) in [5, 5.41) is 19.5. The van der Waals surface area contributed by atoms with Gasteiger partial charge in [-0.25, -0.2) is 19.6 Å². The fraction of sp³-hybridized carbons (Fsp3) is 0.318. The summed E-state index contributed by atoms with van der Waals surface area (Å²) in [6.45, 7) is 7.03. The molecule has 7 rings (SSSR count). The Kier molecular flexibility index (Phi) is 12.0. The summed E-state index contributed by atoms with van der Waals surface area (Å²) in [4.78, 5) is 66.4. The van der Waals surface area contributed by atoms with Gasteiger partial charge in [-0.05, 0) is 77.8 Å². The van der Waals surface area contributed by atoms with E-state index < -0.39 is 46.7 Å². The predicted octanol–water partition coefficient (Wildman–Crippen LogP) is 8.21. The molecule has 0 amide bonds. The molecular formula is C44H44N6O11. The van der Waals surface area contributed by atoms with Gasteiger partial charge in [0.25, 0.3) is 10.2 Å². The van der Waals surface area contributed by atoms with Crippen molar-refractivity contribution in [2.45, 2.75) is 72.6 Å². The Hall–Kier alpha value is -7.30. The molecule has 0 fully saturated rings. The number of hydrogen-bond acceptors (Lipinski definition) is 13. The molecule has 61 heavy (non-hydrogen) atoms. The van der Waals surface area contributed by atoms with Crippen LogP contribution in [0, 0.1) is 32.6 Å². The minimum atomic E-state index is -1.29. The normalized spacial score (nSPS) is 12.1. The lowest BCUT2D eigenvalue weighted by Crippen LogP contribution is -2.31. The number of nitrogens with zero attached hydrogens (tertiary/aromatic N) is 6. The van der Waals surface area contributed by atoms with E-state index in [1.807, 2.05) is 61.6 Å². The number of benzene rings is 4. The second kappa shape index (κ2) is 17.5. The molecule has 7 aromatic rings. The highest BCUT2D eigenvalue weighted by molar-refractivity contribution is 5.97. The highest BCUT2D eigenvalue weighted by Gasteiger charge is 2.31. The number of carbonyl (C=O) groups is 1. The first-order valence-electron chi connectivity index (χ1n) is 19.7. The Balaban J connectivity index is 1.08. The second-order valence-corrected chi connectivity index (χ2v) is 15.6. The van der Waals surface area contributed by atoms with Gasteiger partial charge in [-0.3, -0.25) is 0 Å². The minimum absolute atomic E-state index is 0.0123. The number of esters is 1. The first kappa shape index (κ1) is 41.8. The van der Waals surface area contributed by atoms with E-state index in [2.05, 4.69) is 50.9 Å². The van der Waals surface area contributed by atoms with Crippen LogP contribution in [0.1, 0.15) is 72.4 Å². The number of carbonyl (C=O) groups excluding carboxylic acids is 1. The molecule has 0 aliphatic carbocycles. The molecule has 0 saturated carbocycles.